The van der Waals surface area contributed by atoms with Gasteiger partial charge in [0.15, 0.2) is 11.6 Å². The first-order chi connectivity index (χ1) is 5.09. The second-order valence-electron chi connectivity index (χ2n) is 2.35. The molecule has 0 aliphatic carbocycles. The summed E-state index contributed by atoms with van der Waals surface area (Å²) in [5.41, 5.74) is 0. The summed E-state index contributed by atoms with van der Waals surface area (Å²) in [6.45, 7) is 6.72. The van der Waals surface area contributed by atoms with Crippen LogP contribution in [0.3, 0.4) is 0 Å². The average molecular weight is 155 g/mol. The maximum Gasteiger partial charge on any atom is 0.154 e. The van der Waals surface area contributed by atoms with Crippen molar-refractivity contribution in [3.63, 3.8) is 0 Å². The summed E-state index contributed by atoms with van der Waals surface area (Å²) >= 11 is 0. The molecule has 0 unspecified atom stereocenters. The maximum atomic E-state index is 10.8. The van der Waals surface area contributed by atoms with Gasteiger partial charge in [-0.15, -0.1) is 6.58 Å². The van der Waals surface area contributed by atoms with E-state index < -0.39 is 6.04 Å². The van der Waals surface area contributed by atoms with E-state index in [2.05, 4.69) is 11.9 Å². The lowest BCUT2D eigenvalue weighted by Crippen LogP contribution is -2.41. The van der Waals surface area contributed by atoms with Crippen LogP contribution in [-0.4, -0.2) is 24.2 Å². The van der Waals surface area contributed by atoms with Crippen LogP contribution in [0, 0.1) is 0 Å². The first-order valence-corrected chi connectivity index (χ1v) is 3.44. The van der Waals surface area contributed by atoms with E-state index in [1.807, 2.05) is 0 Å². The molecule has 0 rings (SSSR count). The molecule has 62 valence electrons. The highest BCUT2D eigenvalue weighted by molar-refractivity contribution is 6.04. The number of nitrogens with one attached hydrogen (secondary N) is 1. The van der Waals surface area contributed by atoms with Crippen molar-refractivity contribution in [1.82, 2.24) is 5.32 Å². The number of carbonyl (C=O) groups is 2. The van der Waals surface area contributed by atoms with E-state index in [1.54, 1.807) is 6.08 Å². The van der Waals surface area contributed by atoms with Crippen LogP contribution in [0.4, 0.5) is 0 Å². The zero-order chi connectivity index (χ0) is 8.85. The fraction of sp³-hybridized carbons (Fsp3) is 0.500. The number of rotatable bonds is 5. The van der Waals surface area contributed by atoms with Gasteiger partial charge >= 0.3 is 0 Å². The van der Waals surface area contributed by atoms with Crippen molar-refractivity contribution in [1.29, 1.82) is 0 Å². The van der Waals surface area contributed by atoms with E-state index in [-0.39, 0.29) is 11.6 Å². The van der Waals surface area contributed by atoms with Crippen molar-refractivity contribution >= 4 is 11.6 Å². The maximum absolute atomic E-state index is 10.8. The SMILES string of the molecule is C=CCNC(C(C)=O)C(C)=O. The molecule has 0 fully saturated rings. The molecule has 0 spiro atoms. The lowest BCUT2D eigenvalue weighted by Gasteiger charge is -2.09. The molecule has 0 atom stereocenters. The molecule has 0 amide bonds. The van der Waals surface area contributed by atoms with Gasteiger partial charge in [-0.1, -0.05) is 6.08 Å². The predicted octanol–water partition coefficient (Wildman–Crippen LogP) is 0.309. The molecule has 0 radical (unpaired) electrons. The van der Waals surface area contributed by atoms with Crippen molar-refractivity contribution in [2.24, 2.45) is 0 Å². The van der Waals surface area contributed by atoms with Crippen LogP contribution < -0.4 is 5.32 Å². The van der Waals surface area contributed by atoms with E-state index in [1.165, 1.54) is 13.8 Å². The van der Waals surface area contributed by atoms with Gasteiger partial charge in [0.1, 0.15) is 6.04 Å². The second-order valence-corrected chi connectivity index (χ2v) is 2.35. The molecule has 3 nitrogen and oxygen atoms in total. The Morgan fingerprint density at radius 2 is 1.91 bits per heavy atom. The van der Waals surface area contributed by atoms with Crippen molar-refractivity contribution in [3.8, 4) is 0 Å². The Morgan fingerprint density at radius 1 is 1.45 bits per heavy atom. The van der Waals surface area contributed by atoms with Gasteiger partial charge in [-0.25, -0.2) is 0 Å². The molecule has 0 aromatic heterocycles. The number of hydrogen-bond donors (Lipinski definition) is 1. The Labute approximate surface area is 66.5 Å². The molecule has 0 aliphatic heterocycles. The van der Waals surface area contributed by atoms with Gasteiger partial charge in [0.2, 0.25) is 0 Å². The van der Waals surface area contributed by atoms with Crippen LogP contribution >= 0.6 is 0 Å². The quantitative estimate of drug-likeness (QED) is 0.459. The second kappa shape index (κ2) is 4.79. The molecule has 0 heterocycles. The molecule has 11 heavy (non-hydrogen) atoms. The van der Waals surface area contributed by atoms with Crippen molar-refractivity contribution in [2.45, 2.75) is 19.9 Å². The zero-order valence-corrected chi connectivity index (χ0v) is 6.89. The third-order valence-electron chi connectivity index (χ3n) is 1.28. The average Bonchev–Trinajstić information content (AvgIpc) is 1.87. The Kier molecular flexibility index (Phi) is 4.38. The number of Topliss-reactive ketones (excluding diaryl/α,β-unsaturated/α-hetero) is 2. The Balaban J connectivity index is 4.00. The summed E-state index contributed by atoms with van der Waals surface area (Å²) in [6, 6.07) is -0.659. The summed E-state index contributed by atoms with van der Waals surface area (Å²) in [5, 5.41) is 2.75. The van der Waals surface area contributed by atoms with E-state index in [4.69, 9.17) is 0 Å². The van der Waals surface area contributed by atoms with Crippen LogP contribution in [0.5, 0.6) is 0 Å². The lowest BCUT2D eigenvalue weighted by atomic mass is 10.1. The van der Waals surface area contributed by atoms with E-state index in [9.17, 15) is 9.59 Å². The molecular formula is C8H13NO2. The summed E-state index contributed by atoms with van der Waals surface area (Å²) in [4.78, 5) is 21.5. The van der Waals surface area contributed by atoms with Gasteiger partial charge in [-0.2, -0.15) is 0 Å². The summed E-state index contributed by atoms with van der Waals surface area (Å²) in [5.74, 6) is -0.307. The molecule has 0 aromatic rings. The van der Waals surface area contributed by atoms with Crippen LogP contribution in [-0.2, 0) is 9.59 Å². The third-order valence-corrected chi connectivity index (χ3v) is 1.28. The van der Waals surface area contributed by atoms with E-state index in [0.29, 0.717) is 6.54 Å². The van der Waals surface area contributed by atoms with Crippen LogP contribution in [0.25, 0.3) is 0 Å². The highest BCUT2D eigenvalue weighted by Crippen LogP contribution is 1.87. The topological polar surface area (TPSA) is 46.2 Å². The van der Waals surface area contributed by atoms with Crippen molar-refractivity contribution in [2.75, 3.05) is 6.54 Å². The highest BCUT2D eigenvalue weighted by Gasteiger charge is 2.16. The van der Waals surface area contributed by atoms with E-state index >= 15 is 0 Å². The highest BCUT2D eigenvalue weighted by atomic mass is 16.2. The minimum Gasteiger partial charge on any atom is -0.298 e. The van der Waals surface area contributed by atoms with Gasteiger partial charge in [0.25, 0.3) is 0 Å². The first-order valence-electron chi connectivity index (χ1n) is 3.44. The Morgan fingerprint density at radius 3 is 2.18 bits per heavy atom. The zero-order valence-electron chi connectivity index (χ0n) is 6.89. The van der Waals surface area contributed by atoms with Crippen LogP contribution in [0.15, 0.2) is 12.7 Å². The normalized spacial score (nSPS) is 9.73. The fourth-order valence-electron chi connectivity index (χ4n) is 0.775. The molecular weight excluding hydrogens is 142 g/mol. The number of hydrogen-bond acceptors (Lipinski definition) is 3. The first kappa shape index (κ1) is 10.0. The fourth-order valence-corrected chi connectivity index (χ4v) is 0.775. The third kappa shape index (κ3) is 3.68. The van der Waals surface area contributed by atoms with Crippen LogP contribution in [0.1, 0.15) is 13.8 Å². The van der Waals surface area contributed by atoms with Gasteiger partial charge in [-0.05, 0) is 13.8 Å². The molecule has 0 saturated carbocycles. The summed E-state index contributed by atoms with van der Waals surface area (Å²) in [7, 11) is 0. The Hall–Kier alpha value is -0.960. The lowest BCUT2D eigenvalue weighted by molar-refractivity contribution is -0.127. The molecule has 0 aliphatic rings. The molecule has 0 bridgehead atoms. The summed E-state index contributed by atoms with van der Waals surface area (Å²) in [6.07, 6.45) is 1.61. The van der Waals surface area contributed by atoms with Crippen molar-refractivity contribution < 1.29 is 9.59 Å². The van der Waals surface area contributed by atoms with E-state index in [0.717, 1.165) is 0 Å². The van der Waals surface area contributed by atoms with Gasteiger partial charge in [0.05, 0.1) is 0 Å². The summed E-state index contributed by atoms with van der Waals surface area (Å²) < 4.78 is 0. The minimum absolute atomic E-state index is 0.153. The minimum atomic E-state index is -0.659. The number of carbonyl (C=O) groups excluding carboxylic acids is 2. The standard InChI is InChI=1S/C8H13NO2/c1-4-5-9-8(6(2)10)7(3)11/h4,8-9H,1,5H2,2-3H3. The number of ketones is 2. The van der Waals surface area contributed by atoms with Crippen LogP contribution in [0.2, 0.25) is 0 Å². The van der Waals surface area contributed by atoms with Crippen molar-refractivity contribution in [3.05, 3.63) is 12.7 Å². The smallest absolute Gasteiger partial charge is 0.154 e. The monoisotopic (exact) mass is 155 g/mol. The van der Waals surface area contributed by atoms with Gasteiger partial charge in [-0.3, -0.25) is 14.9 Å². The van der Waals surface area contributed by atoms with Gasteiger partial charge < -0.3 is 0 Å². The molecule has 0 saturated heterocycles. The van der Waals surface area contributed by atoms with Gasteiger partial charge in [0, 0.05) is 6.54 Å². The largest absolute Gasteiger partial charge is 0.298 e. The molecule has 1 N–H and O–H groups in total. The molecule has 0 aromatic carbocycles. The Bertz CT molecular complexity index is 161. The predicted molar refractivity (Wildman–Crippen MR) is 43.3 cm³/mol. The molecule has 3 heteroatoms.